The fourth-order valence-corrected chi connectivity index (χ4v) is 1.99. The third-order valence-electron chi connectivity index (χ3n) is 3.17. The molecule has 0 aliphatic rings. The minimum Gasteiger partial charge on any atom is -0.399 e. The van der Waals surface area contributed by atoms with Gasteiger partial charge in [0.1, 0.15) is 11.9 Å². The van der Waals surface area contributed by atoms with Crippen LogP contribution in [-0.4, -0.2) is 15.5 Å². The number of imidazole rings is 1. The van der Waals surface area contributed by atoms with Crippen molar-refractivity contribution in [3.05, 3.63) is 42.0 Å². The van der Waals surface area contributed by atoms with Gasteiger partial charge in [0, 0.05) is 23.8 Å². The van der Waals surface area contributed by atoms with E-state index >= 15 is 0 Å². The second-order valence-electron chi connectivity index (χ2n) is 4.62. The number of hydrogen-bond acceptors (Lipinski definition) is 3. The van der Waals surface area contributed by atoms with Crippen LogP contribution in [-0.2, 0) is 4.79 Å². The summed E-state index contributed by atoms with van der Waals surface area (Å²) in [5, 5.41) is 2.91. The fourth-order valence-electron chi connectivity index (χ4n) is 1.99. The van der Waals surface area contributed by atoms with Crippen LogP contribution < -0.4 is 11.1 Å². The van der Waals surface area contributed by atoms with Crippen molar-refractivity contribution in [1.82, 2.24) is 9.55 Å². The van der Waals surface area contributed by atoms with Crippen LogP contribution in [0, 0.1) is 13.8 Å². The Labute approximate surface area is 112 Å². The first-order valence-corrected chi connectivity index (χ1v) is 6.15. The van der Waals surface area contributed by atoms with E-state index in [1.807, 2.05) is 37.5 Å². The molecule has 5 nitrogen and oxygen atoms in total. The number of nitrogens with zero attached hydrogens (tertiary/aromatic N) is 2. The predicted molar refractivity (Wildman–Crippen MR) is 75.9 cm³/mol. The Hall–Kier alpha value is -2.30. The zero-order valence-corrected chi connectivity index (χ0v) is 11.3. The summed E-state index contributed by atoms with van der Waals surface area (Å²) in [6, 6.07) is 5.12. The minimum atomic E-state index is -0.306. The van der Waals surface area contributed by atoms with E-state index in [0.29, 0.717) is 5.69 Å². The molecule has 1 atom stereocenters. The maximum Gasteiger partial charge on any atom is 0.247 e. The maximum absolute atomic E-state index is 12.2. The fraction of sp³-hybridized carbons (Fsp3) is 0.286. The molecule has 0 bridgehead atoms. The number of hydrogen-bond donors (Lipinski definition) is 2. The number of aryl methyl sites for hydroxylation is 2. The zero-order chi connectivity index (χ0) is 14.0. The average Bonchev–Trinajstić information content (AvgIpc) is 2.78. The van der Waals surface area contributed by atoms with E-state index < -0.39 is 0 Å². The van der Waals surface area contributed by atoms with Gasteiger partial charge in [-0.2, -0.15) is 0 Å². The standard InChI is InChI=1S/C14H18N4O/c1-9-8-12(15)4-5-13(9)17-14(19)10(2)18-7-6-16-11(18)3/h4-8,10H,15H2,1-3H3,(H,17,19). The van der Waals surface area contributed by atoms with Crippen LogP contribution in [0.5, 0.6) is 0 Å². The first-order valence-electron chi connectivity index (χ1n) is 6.15. The minimum absolute atomic E-state index is 0.0750. The number of benzene rings is 1. The van der Waals surface area contributed by atoms with Gasteiger partial charge in [-0.15, -0.1) is 0 Å². The molecule has 5 heteroatoms. The summed E-state index contributed by atoms with van der Waals surface area (Å²) in [5.74, 6) is 0.741. The van der Waals surface area contributed by atoms with E-state index in [9.17, 15) is 4.79 Å². The van der Waals surface area contributed by atoms with Gasteiger partial charge in [-0.1, -0.05) is 0 Å². The third-order valence-corrected chi connectivity index (χ3v) is 3.17. The SMILES string of the molecule is Cc1cc(N)ccc1NC(=O)C(C)n1ccnc1C. The molecule has 0 saturated carbocycles. The highest BCUT2D eigenvalue weighted by atomic mass is 16.2. The molecule has 0 radical (unpaired) electrons. The number of carbonyl (C=O) groups is 1. The lowest BCUT2D eigenvalue weighted by molar-refractivity contribution is -0.118. The van der Waals surface area contributed by atoms with E-state index in [1.54, 1.807) is 18.5 Å². The van der Waals surface area contributed by atoms with Crippen LogP contribution in [0.15, 0.2) is 30.6 Å². The second kappa shape index (κ2) is 5.14. The van der Waals surface area contributed by atoms with Gasteiger partial charge in [0.05, 0.1) is 0 Å². The van der Waals surface area contributed by atoms with Gasteiger partial charge in [-0.05, 0) is 44.5 Å². The van der Waals surface area contributed by atoms with Crippen molar-refractivity contribution in [2.45, 2.75) is 26.8 Å². The van der Waals surface area contributed by atoms with E-state index in [4.69, 9.17) is 5.73 Å². The second-order valence-corrected chi connectivity index (χ2v) is 4.62. The van der Waals surface area contributed by atoms with E-state index in [0.717, 1.165) is 17.1 Å². The van der Waals surface area contributed by atoms with Gasteiger partial charge in [0.2, 0.25) is 5.91 Å². The van der Waals surface area contributed by atoms with Crippen molar-refractivity contribution in [3.63, 3.8) is 0 Å². The normalized spacial score (nSPS) is 12.2. The molecule has 3 N–H and O–H groups in total. The topological polar surface area (TPSA) is 72.9 Å². The molecular weight excluding hydrogens is 240 g/mol. The molecule has 0 fully saturated rings. The Bertz CT molecular complexity index is 603. The van der Waals surface area contributed by atoms with Crippen molar-refractivity contribution in [2.75, 3.05) is 11.1 Å². The van der Waals surface area contributed by atoms with Crippen LogP contribution in [0.2, 0.25) is 0 Å². The Morgan fingerprint density at radius 2 is 2.16 bits per heavy atom. The van der Waals surface area contributed by atoms with Gasteiger partial charge >= 0.3 is 0 Å². The number of rotatable bonds is 3. The van der Waals surface area contributed by atoms with Crippen molar-refractivity contribution >= 4 is 17.3 Å². The predicted octanol–water partition coefficient (Wildman–Crippen LogP) is 2.28. The lowest BCUT2D eigenvalue weighted by Crippen LogP contribution is -2.24. The molecule has 1 unspecified atom stereocenters. The first-order chi connectivity index (χ1) is 8.99. The van der Waals surface area contributed by atoms with Crippen LogP contribution >= 0.6 is 0 Å². The maximum atomic E-state index is 12.2. The molecule has 0 saturated heterocycles. The Kier molecular flexibility index (Phi) is 3.55. The smallest absolute Gasteiger partial charge is 0.247 e. The summed E-state index contributed by atoms with van der Waals surface area (Å²) in [6.07, 6.45) is 3.49. The largest absolute Gasteiger partial charge is 0.399 e. The Morgan fingerprint density at radius 1 is 1.42 bits per heavy atom. The number of carbonyl (C=O) groups excluding carboxylic acids is 1. The highest BCUT2D eigenvalue weighted by Crippen LogP contribution is 2.19. The number of aromatic nitrogens is 2. The summed E-state index contributed by atoms with van der Waals surface area (Å²) < 4.78 is 1.84. The molecule has 0 spiro atoms. The molecule has 1 amide bonds. The number of anilines is 2. The molecule has 100 valence electrons. The number of nitrogen functional groups attached to an aromatic ring is 1. The highest BCUT2D eigenvalue weighted by Gasteiger charge is 2.16. The van der Waals surface area contributed by atoms with E-state index in [-0.39, 0.29) is 11.9 Å². The van der Waals surface area contributed by atoms with Gasteiger partial charge in [0.25, 0.3) is 0 Å². The summed E-state index contributed by atoms with van der Waals surface area (Å²) in [4.78, 5) is 16.3. The third kappa shape index (κ3) is 2.76. The Balaban J connectivity index is 2.15. The monoisotopic (exact) mass is 258 g/mol. The molecule has 1 aromatic carbocycles. The lowest BCUT2D eigenvalue weighted by Gasteiger charge is -2.16. The zero-order valence-electron chi connectivity index (χ0n) is 11.3. The van der Waals surface area contributed by atoms with Crippen LogP contribution in [0.3, 0.4) is 0 Å². The van der Waals surface area contributed by atoms with Gasteiger partial charge in [0.15, 0.2) is 0 Å². The van der Waals surface area contributed by atoms with E-state index in [2.05, 4.69) is 10.3 Å². The summed E-state index contributed by atoms with van der Waals surface area (Å²) in [7, 11) is 0. The quantitative estimate of drug-likeness (QED) is 0.829. The summed E-state index contributed by atoms with van der Waals surface area (Å²) >= 11 is 0. The van der Waals surface area contributed by atoms with Crippen molar-refractivity contribution in [3.8, 4) is 0 Å². The number of nitrogens with one attached hydrogen (secondary N) is 1. The first kappa shape index (κ1) is 13.1. The van der Waals surface area contributed by atoms with Crippen LogP contribution in [0.25, 0.3) is 0 Å². The van der Waals surface area contributed by atoms with Crippen molar-refractivity contribution < 1.29 is 4.79 Å². The highest BCUT2D eigenvalue weighted by molar-refractivity contribution is 5.94. The van der Waals surface area contributed by atoms with Crippen LogP contribution in [0.4, 0.5) is 11.4 Å². The van der Waals surface area contributed by atoms with Gasteiger partial charge in [-0.25, -0.2) is 4.98 Å². The van der Waals surface area contributed by atoms with Gasteiger partial charge in [-0.3, -0.25) is 4.79 Å². The molecule has 2 rings (SSSR count). The average molecular weight is 258 g/mol. The number of amides is 1. The molecular formula is C14H18N4O. The molecule has 19 heavy (non-hydrogen) atoms. The van der Waals surface area contributed by atoms with E-state index in [1.165, 1.54) is 0 Å². The molecule has 2 aromatic rings. The lowest BCUT2D eigenvalue weighted by atomic mass is 10.1. The summed E-state index contributed by atoms with van der Waals surface area (Å²) in [6.45, 7) is 5.63. The number of nitrogens with two attached hydrogens (primary N) is 1. The summed E-state index contributed by atoms with van der Waals surface area (Å²) in [5.41, 5.74) is 8.11. The van der Waals surface area contributed by atoms with Gasteiger partial charge < -0.3 is 15.6 Å². The van der Waals surface area contributed by atoms with Crippen LogP contribution in [0.1, 0.15) is 24.4 Å². The van der Waals surface area contributed by atoms with Crippen molar-refractivity contribution in [2.24, 2.45) is 0 Å². The molecule has 0 aliphatic carbocycles. The Morgan fingerprint density at radius 3 is 2.74 bits per heavy atom. The molecule has 1 aromatic heterocycles. The molecule has 1 heterocycles. The van der Waals surface area contributed by atoms with Crippen molar-refractivity contribution in [1.29, 1.82) is 0 Å². The molecule has 0 aliphatic heterocycles.